The van der Waals surface area contributed by atoms with Crippen molar-refractivity contribution in [3.63, 3.8) is 0 Å². The summed E-state index contributed by atoms with van der Waals surface area (Å²) in [4.78, 5) is 21.5. The van der Waals surface area contributed by atoms with E-state index in [2.05, 4.69) is 0 Å². The number of carboxylic acids is 1. The molecule has 3 N–H and O–H groups in total. The molecule has 0 fully saturated rings. The average Bonchev–Trinajstić information content (AvgIpc) is 2.28. The molecule has 0 aliphatic heterocycles. The van der Waals surface area contributed by atoms with E-state index in [-0.39, 0.29) is 5.91 Å². The number of carboxylic acid groups (broad SMARTS) is 1. The molecule has 106 valence electrons. The Morgan fingerprint density at radius 2 is 1.53 bits per heavy atom. The van der Waals surface area contributed by atoms with E-state index in [1.807, 2.05) is 31.1 Å². The fourth-order valence-electron chi connectivity index (χ4n) is 0.924. The molecule has 19 heavy (non-hydrogen) atoms. The van der Waals surface area contributed by atoms with Crippen LogP contribution in [0.4, 0.5) is 18.9 Å². The maximum atomic E-state index is 10.7. The van der Waals surface area contributed by atoms with Crippen molar-refractivity contribution in [1.29, 1.82) is 0 Å². The molecular formula is C11H13F3N2O3. The number of aliphatic carboxylic acids is 1. The highest BCUT2D eigenvalue weighted by atomic mass is 19.4. The zero-order valence-corrected chi connectivity index (χ0v) is 10.2. The van der Waals surface area contributed by atoms with Gasteiger partial charge in [0.25, 0.3) is 0 Å². The Hall–Kier alpha value is -2.25. The summed E-state index contributed by atoms with van der Waals surface area (Å²) in [7, 11) is 3.89. The molecule has 1 aromatic carbocycles. The Bertz CT molecular complexity index is 441. The summed E-state index contributed by atoms with van der Waals surface area (Å²) in [5, 5.41) is 7.12. The van der Waals surface area contributed by atoms with Crippen molar-refractivity contribution < 1.29 is 27.9 Å². The van der Waals surface area contributed by atoms with Crippen LogP contribution in [0, 0.1) is 0 Å². The van der Waals surface area contributed by atoms with Gasteiger partial charge >= 0.3 is 12.1 Å². The highest BCUT2D eigenvalue weighted by molar-refractivity contribution is 5.93. The van der Waals surface area contributed by atoms with Gasteiger partial charge in [0.2, 0.25) is 5.91 Å². The number of hydrogen-bond acceptors (Lipinski definition) is 3. The molecule has 0 heterocycles. The normalized spacial score (nSPS) is 10.2. The maximum Gasteiger partial charge on any atom is 0.490 e. The number of hydrogen-bond donors (Lipinski definition) is 2. The second-order valence-electron chi connectivity index (χ2n) is 3.61. The predicted molar refractivity (Wildman–Crippen MR) is 63.0 cm³/mol. The molecule has 0 saturated carbocycles. The third-order valence-corrected chi connectivity index (χ3v) is 1.91. The topological polar surface area (TPSA) is 83.6 Å². The van der Waals surface area contributed by atoms with E-state index >= 15 is 0 Å². The number of primary amides is 1. The third-order valence-electron chi connectivity index (χ3n) is 1.91. The number of nitrogens with zero attached hydrogens (tertiary/aromatic N) is 1. The van der Waals surface area contributed by atoms with Gasteiger partial charge in [-0.15, -0.1) is 0 Å². The Balaban J connectivity index is 0.000000399. The standard InChI is InChI=1S/C9H12N2O.C2HF3O2/c1-11(2)8-5-3-7(4-6-8)9(10)12;3-2(4,5)1(6)7/h3-6H,1-2H3,(H2,10,12);(H,6,7). The molecule has 8 heteroatoms. The molecule has 0 bridgehead atoms. The van der Waals surface area contributed by atoms with Crippen LogP contribution in [0.1, 0.15) is 10.4 Å². The SMILES string of the molecule is CN(C)c1ccc(C(N)=O)cc1.O=C(O)C(F)(F)F. The molecule has 0 atom stereocenters. The average molecular weight is 278 g/mol. The number of amides is 1. The molecule has 1 rings (SSSR count). The van der Waals surface area contributed by atoms with Gasteiger partial charge in [-0.1, -0.05) is 0 Å². The lowest BCUT2D eigenvalue weighted by Gasteiger charge is -2.11. The summed E-state index contributed by atoms with van der Waals surface area (Å²) in [6.45, 7) is 0. The first-order chi connectivity index (χ1) is 8.55. The maximum absolute atomic E-state index is 10.7. The van der Waals surface area contributed by atoms with Crippen molar-refractivity contribution in [2.75, 3.05) is 19.0 Å². The van der Waals surface area contributed by atoms with Crippen molar-refractivity contribution in [2.24, 2.45) is 5.73 Å². The lowest BCUT2D eigenvalue weighted by Crippen LogP contribution is -2.21. The lowest BCUT2D eigenvalue weighted by molar-refractivity contribution is -0.192. The molecular weight excluding hydrogens is 265 g/mol. The summed E-state index contributed by atoms with van der Waals surface area (Å²) < 4.78 is 31.7. The molecule has 0 aromatic heterocycles. The molecule has 1 amide bonds. The molecule has 0 aliphatic carbocycles. The summed E-state index contributed by atoms with van der Waals surface area (Å²) in [5.41, 5.74) is 6.69. The van der Waals surface area contributed by atoms with E-state index in [1.54, 1.807) is 12.1 Å². The van der Waals surface area contributed by atoms with Crippen molar-refractivity contribution >= 4 is 17.6 Å². The van der Waals surface area contributed by atoms with Crippen LogP contribution in [-0.4, -0.2) is 37.3 Å². The van der Waals surface area contributed by atoms with Gasteiger partial charge in [-0.05, 0) is 24.3 Å². The first kappa shape index (κ1) is 16.8. The van der Waals surface area contributed by atoms with E-state index in [4.69, 9.17) is 15.6 Å². The van der Waals surface area contributed by atoms with Crippen LogP contribution in [0.3, 0.4) is 0 Å². The predicted octanol–water partition coefficient (Wildman–Crippen LogP) is 1.48. The summed E-state index contributed by atoms with van der Waals surface area (Å²) in [6, 6.07) is 7.16. The van der Waals surface area contributed by atoms with Crippen LogP contribution in [0.5, 0.6) is 0 Å². The van der Waals surface area contributed by atoms with Gasteiger partial charge in [0.1, 0.15) is 0 Å². The molecule has 0 spiro atoms. The molecule has 0 unspecified atom stereocenters. The Labute approximate surface area is 107 Å². The van der Waals surface area contributed by atoms with Crippen LogP contribution in [-0.2, 0) is 4.79 Å². The van der Waals surface area contributed by atoms with Crippen LogP contribution in [0.2, 0.25) is 0 Å². The first-order valence-electron chi connectivity index (χ1n) is 4.93. The number of halogens is 3. The van der Waals surface area contributed by atoms with Gasteiger partial charge in [-0.2, -0.15) is 13.2 Å². The summed E-state index contributed by atoms with van der Waals surface area (Å²) in [5.74, 6) is -3.15. The monoisotopic (exact) mass is 278 g/mol. The number of carbonyl (C=O) groups excluding carboxylic acids is 1. The smallest absolute Gasteiger partial charge is 0.475 e. The highest BCUT2D eigenvalue weighted by Gasteiger charge is 2.38. The van der Waals surface area contributed by atoms with E-state index < -0.39 is 12.1 Å². The van der Waals surface area contributed by atoms with Gasteiger partial charge in [0, 0.05) is 25.3 Å². The molecule has 5 nitrogen and oxygen atoms in total. The first-order valence-corrected chi connectivity index (χ1v) is 4.93. The van der Waals surface area contributed by atoms with Crippen molar-refractivity contribution in [1.82, 2.24) is 0 Å². The number of anilines is 1. The minimum Gasteiger partial charge on any atom is -0.475 e. The van der Waals surface area contributed by atoms with Crippen LogP contribution in [0.25, 0.3) is 0 Å². The molecule has 1 aromatic rings. The van der Waals surface area contributed by atoms with Crippen LogP contribution in [0.15, 0.2) is 24.3 Å². The largest absolute Gasteiger partial charge is 0.490 e. The van der Waals surface area contributed by atoms with E-state index in [1.165, 1.54) is 0 Å². The van der Waals surface area contributed by atoms with Gasteiger partial charge in [0.05, 0.1) is 0 Å². The van der Waals surface area contributed by atoms with Gasteiger partial charge in [-0.3, -0.25) is 4.79 Å². The number of carbonyl (C=O) groups is 2. The molecule has 0 saturated heterocycles. The van der Waals surface area contributed by atoms with Crippen molar-refractivity contribution in [3.05, 3.63) is 29.8 Å². The quantitative estimate of drug-likeness (QED) is 0.858. The molecule has 0 radical (unpaired) electrons. The van der Waals surface area contributed by atoms with Gasteiger partial charge < -0.3 is 15.7 Å². The van der Waals surface area contributed by atoms with E-state index in [0.29, 0.717) is 5.56 Å². The number of nitrogens with two attached hydrogens (primary N) is 1. The minimum atomic E-state index is -5.08. The Morgan fingerprint density at radius 1 is 1.16 bits per heavy atom. The number of benzene rings is 1. The lowest BCUT2D eigenvalue weighted by atomic mass is 10.2. The fraction of sp³-hybridized carbons (Fsp3) is 0.273. The summed E-state index contributed by atoms with van der Waals surface area (Å²) in [6.07, 6.45) is -5.08. The minimum absolute atomic E-state index is 0.389. The zero-order chi connectivity index (χ0) is 15.2. The van der Waals surface area contributed by atoms with Gasteiger partial charge in [-0.25, -0.2) is 4.79 Å². The van der Waals surface area contributed by atoms with E-state index in [9.17, 15) is 18.0 Å². The van der Waals surface area contributed by atoms with Crippen molar-refractivity contribution in [2.45, 2.75) is 6.18 Å². The fourth-order valence-corrected chi connectivity index (χ4v) is 0.924. The second kappa shape index (κ2) is 6.62. The Morgan fingerprint density at radius 3 is 1.74 bits per heavy atom. The summed E-state index contributed by atoms with van der Waals surface area (Å²) >= 11 is 0. The van der Waals surface area contributed by atoms with Crippen LogP contribution < -0.4 is 10.6 Å². The Kier molecular flexibility index (Phi) is 5.84. The van der Waals surface area contributed by atoms with Crippen molar-refractivity contribution in [3.8, 4) is 0 Å². The second-order valence-corrected chi connectivity index (χ2v) is 3.61. The van der Waals surface area contributed by atoms with Gasteiger partial charge in [0.15, 0.2) is 0 Å². The number of rotatable bonds is 2. The molecule has 0 aliphatic rings. The van der Waals surface area contributed by atoms with E-state index in [0.717, 1.165) is 5.69 Å². The zero-order valence-electron chi connectivity index (χ0n) is 10.2. The highest BCUT2D eigenvalue weighted by Crippen LogP contribution is 2.13. The number of alkyl halides is 3. The third kappa shape index (κ3) is 6.29. The van der Waals surface area contributed by atoms with Crippen LogP contribution >= 0.6 is 0 Å².